The first-order valence-corrected chi connectivity index (χ1v) is 5.85. The zero-order valence-corrected chi connectivity index (χ0v) is 9.10. The molecule has 2 atom stereocenters. The van der Waals surface area contributed by atoms with Gasteiger partial charge in [0.25, 0.3) is 0 Å². The number of allylic oxidation sites excluding steroid dienone is 5. The average molecular weight is 217 g/mol. The van der Waals surface area contributed by atoms with Crippen molar-refractivity contribution in [2.45, 2.75) is 25.3 Å². The minimum Gasteiger partial charge on any atom is -0.465 e. The maximum atomic E-state index is 11.1. The van der Waals surface area contributed by atoms with Crippen LogP contribution in [0.2, 0.25) is 0 Å². The van der Waals surface area contributed by atoms with E-state index >= 15 is 0 Å². The summed E-state index contributed by atoms with van der Waals surface area (Å²) < 4.78 is 0. The van der Waals surface area contributed by atoms with Gasteiger partial charge in [0.2, 0.25) is 0 Å². The van der Waals surface area contributed by atoms with Gasteiger partial charge in [-0.3, -0.25) is 0 Å². The third-order valence-corrected chi connectivity index (χ3v) is 3.90. The molecule has 3 heteroatoms. The third-order valence-electron chi connectivity index (χ3n) is 3.90. The van der Waals surface area contributed by atoms with Gasteiger partial charge in [0.15, 0.2) is 0 Å². The van der Waals surface area contributed by atoms with E-state index in [1.165, 1.54) is 11.1 Å². The van der Waals surface area contributed by atoms with Gasteiger partial charge < -0.3 is 10.0 Å². The number of carbonyl (C=O) groups is 1. The Morgan fingerprint density at radius 3 is 3.06 bits per heavy atom. The fraction of sp³-hybridized carbons (Fsp3) is 0.462. The van der Waals surface area contributed by atoms with Gasteiger partial charge in [-0.2, -0.15) is 0 Å². The van der Waals surface area contributed by atoms with Crippen LogP contribution < -0.4 is 0 Å². The van der Waals surface area contributed by atoms with Crippen LogP contribution in [-0.4, -0.2) is 28.7 Å². The van der Waals surface area contributed by atoms with Gasteiger partial charge in [0, 0.05) is 12.5 Å². The van der Waals surface area contributed by atoms with Crippen molar-refractivity contribution >= 4 is 6.09 Å². The number of hydrogen-bond donors (Lipinski definition) is 1. The monoisotopic (exact) mass is 217 g/mol. The Bertz CT molecular complexity index is 420. The molecule has 0 radical (unpaired) electrons. The van der Waals surface area contributed by atoms with E-state index in [-0.39, 0.29) is 6.04 Å². The Morgan fingerprint density at radius 1 is 1.38 bits per heavy atom. The third kappa shape index (κ3) is 1.31. The molecule has 16 heavy (non-hydrogen) atoms. The average Bonchev–Trinajstić information content (AvgIpc) is 2.73. The fourth-order valence-electron chi connectivity index (χ4n) is 3.17. The molecule has 0 bridgehead atoms. The second-order valence-corrected chi connectivity index (χ2v) is 4.65. The molecule has 1 aliphatic heterocycles. The summed E-state index contributed by atoms with van der Waals surface area (Å²) in [6, 6.07) is 0.153. The molecular formula is C13H15NO2. The molecule has 2 aliphatic carbocycles. The fourth-order valence-corrected chi connectivity index (χ4v) is 3.17. The SMILES string of the molecule is O=C(O)N1CCC2=C3C=CC=CC3CCC21. The van der Waals surface area contributed by atoms with Crippen molar-refractivity contribution in [2.75, 3.05) is 6.54 Å². The Labute approximate surface area is 94.7 Å². The van der Waals surface area contributed by atoms with Crippen molar-refractivity contribution in [3.63, 3.8) is 0 Å². The van der Waals surface area contributed by atoms with Crippen molar-refractivity contribution in [1.82, 2.24) is 4.90 Å². The number of rotatable bonds is 0. The van der Waals surface area contributed by atoms with E-state index in [1.54, 1.807) is 4.90 Å². The molecule has 84 valence electrons. The molecule has 3 nitrogen and oxygen atoms in total. The Kier molecular flexibility index (Phi) is 2.13. The van der Waals surface area contributed by atoms with Crippen molar-refractivity contribution < 1.29 is 9.90 Å². The lowest BCUT2D eigenvalue weighted by Gasteiger charge is -2.32. The van der Waals surface area contributed by atoms with Gasteiger partial charge >= 0.3 is 6.09 Å². The standard InChI is InChI=1S/C13H15NO2/c15-13(16)14-8-7-11-10-4-2-1-3-9(10)5-6-12(11)14/h1-4,9,12H,5-8H2,(H,15,16). The highest BCUT2D eigenvalue weighted by Gasteiger charge is 2.38. The molecule has 1 amide bonds. The number of amides is 1. The van der Waals surface area contributed by atoms with Gasteiger partial charge in [0.05, 0.1) is 6.04 Å². The number of nitrogens with zero attached hydrogens (tertiary/aromatic N) is 1. The highest BCUT2D eigenvalue weighted by molar-refractivity contribution is 5.67. The maximum Gasteiger partial charge on any atom is 0.407 e. The van der Waals surface area contributed by atoms with Crippen LogP contribution in [0.15, 0.2) is 35.5 Å². The molecule has 0 aromatic heterocycles. The first kappa shape index (κ1) is 9.70. The molecule has 2 unspecified atom stereocenters. The predicted molar refractivity (Wildman–Crippen MR) is 61.2 cm³/mol. The van der Waals surface area contributed by atoms with Crippen LogP contribution in [0, 0.1) is 5.92 Å². The van der Waals surface area contributed by atoms with Gasteiger partial charge in [-0.25, -0.2) is 4.79 Å². The van der Waals surface area contributed by atoms with E-state index in [1.807, 2.05) is 0 Å². The van der Waals surface area contributed by atoms with Gasteiger partial charge in [-0.15, -0.1) is 0 Å². The minimum atomic E-state index is -0.769. The van der Waals surface area contributed by atoms with Crippen molar-refractivity contribution in [1.29, 1.82) is 0 Å². The van der Waals surface area contributed by atoms with E-state index in [9.17, 15) is 4.79 Å². The number of likely N-dealkylation sites (tertiary alicyclic amines) is 1. The summed E-state index contributed by atoms with van der Waals surface area (Å²) in [5.41, 5.74) is 2.74. The Hall–Kier alpha value is -1.51. The number of fused-ring (bicyclic) bond motifs is 2. The van der Waals surface area contributed by atoms with Crippen LogP contribution in [-0.2, 0) is 0 Å². The zero-order chi connectivity index (χ0) is 11.1. The lowest BCUT2D eigenvalue weighted by molar-refractivity contribution is 0.139. The van der Waals surface area contributed by atoms with Crippen LogP contribution in [0.4, 0.5) is 4.79 Å². The maximum absolute atomic E-state index is 11.1. The van der Waals surface area contributed by atoms with E-state index in [0.29, 0.717) is 12.5 Å². The minimum absolute atomic E-state index is 0.153. The van der Waals surface area contributed by atoms with Crippen LogP contribution in [0.25, 0.3) is 0 Å². The van der Waals surface area contributed by atoms with E-state index in [0.717, 1.165) is 19.3 Å². The van der Waals surface area contributed by atoms with Crippen LogP contribution in [0.3, 0.4) is 0 Å². The van der Waals surface area contributed by atoms with Crippen molar-refractivity contribution in [2.24, 2.45) is 5.92 Å². The topological polar surface area (TPSA) is 40.5 Å². The summed E-state index contributed by atoms with van der Waals surface area (Å²) in [6.07, 6.45) is 10.8. The second-order valence-electron chi connectivity index (χ2n) is 4.65. The molecule has 0 aromatic rings. The van der Waals surface area contributed by atoms with Gasteiger partial charge in [-0.1, -0.05) is 24.3 Å². The molecule has 3 aliphatic rings. The Balaban J connectivity index is 1.98. The van der Waals surface area contributed by atoms with E-state index in [4.69, 9.17) is 5.11 Å². The molecule has 1 N–H and O–H groups in total. The summed E-state index contributed by atoms with van der Waals surface area (Å²) in [7, 11) is 0. The lowest BCUT2D eigenvalue weighted by Crippen LogP contribution is -2.37. The van der Waals surface area contributed by atoms with Crippen molar-refractivity contribution in [3.05, 3.63) is 35.5 Å². The van der Waals surface area contributed by atoms with Crippen molar-refractivity contribution in [3.8, 4) is 0 Å². The van der Waals surface area contributed by atoms with Gasteiger partial charge in [-0.05, 0) is 30.4 Å². The summed E-state index contributed by atoms with van der Waals surface area (Å²) in [5.74, 6) is 0.532. The highest BCUT2D eigenvalue weighted by atomic mass is 16.4. The molecule has 1 heterocycles. The first-order chi connectivity index (χ1) is 7.77. The van der Waals surface area contributed by atoms with E-state index in [2.05, 4.69) is 24.3 Å². The predicted octanol–water partition coefficient (Wildman–Crippen LogP) is 2.57. The zero-order valence-electron chi connectivity index (χ0n) is 9.10. The normalized spacial score (nSPS) is 31.6. The molecule has 0 aromatic carbocycles. The molecular weight excluding hydrogens is 202 g/mol. The number of hydrogen-bond acceptors (Lipinski definition) is 1. The summed E-state index contributed by atoms with van der Waals surface area (Å²) >= 11 is 0. The first-order valence-electron chi connectivity index (χ1n) is 5.85. The van der Waals surface area contributed by atoms with Gasteiger partial charge in [0.1, 0.15) is 0 Å². The van der Waals surface area contributed by atoms with Crippen LogP contribution >= 0.6 is 0 Å². The van der Waals surface area contributed by atoms with Crippen LogP contribution in [0.5, 0.6) is 0 Å². The Morgan fingerprint density at radius 2 is 2.25 bits per heavy atom. The second kappa shape index (κ2) is 3.51. The molecule has 1 fully saturated rings. The smallest absolute Gasteiger partial charge is 0.407 e. The van der Waals surface area contributed by atoms with E-state index < -0.39 is 6.09 Å². The molecule has 3 rings (SSSR count). The molecule has 0 spiro atoms. The quantitative estimate of drug-likeness (QED) is 0.677. The lowest BCUT2D eigenvalue weighted by atomic mass is 9.78. The summed E-state index contributed by atoms with van der Waals surface area (Å²) in [6.45, 7) is 0.670. The highest BCUT2D eigenvalue weighted by Crippen LogP contribution is 2.41. The van der Waals surface area contributed by atoms with Crippen LogP contribution in [0.1, 0.15) is 19.3 Å². The molecule has 0 saturated carbocycles. The number of carboxylic acid groups (broad SMARTS) is 1. The summed E-state index contributed by atoms with van der Waals surface area (Å²) in [4.78, 5) is 12.7. The summed E-state index contributed by atoms with van der Waals surface area (Å²) in [5, 5.41) is 9.12. The largest absolute Gasteiger partial charge is 0.465 e. The molecule has 1 saturated heterocycles.